The summed E-state index contributed by atoms with van der Waals surface area (Å²) < 4.78 is 23.7. The molecule has 1 fully saturated rings. The van der Waals surface area contributed by atoms with Crippen LogP contribution in [0.2, 0.25) is 18.6 Å². The number of fused-ring (bicyclic) bond motifs is 1. The summed E-state index contributed by atoms with van der Waals surface area (Å²) >= 11 is 0. The van der Waals surface area contributed by atoms with E-state index in [0.717, 1.165) is 46.3 Å². The van der Waals surface area contributed by atoms with Crippen LogP contribution in [-0.4, -0.2) is 58.2 Å². The van der Waals surface area contributed by atoms with Crippen molar-refractivity contribution in [2.45, 2.75) is 76.4 Å². The Bertz CT molecular complexity index is 1450. The Morgan fingerprint density at radius 3 is 2.66 bits per heavy atom. The van der Waals surface area contributed by atoms with Crippen molar-refractivity contribution in [1.82, 2.24) is 20.0 Å². The minimum atomic E-state index is -2.95. The number of hydrogen-bond donors (Lipinski definition) is 3. The predicted octanol–water partition coefficient (Wildman–Crippen LogP) is 5.45. The van der Waals surface area contributed by atoms with Gasteiger partial charge in [-0.2, -0.15) is 0 Å². The van der Waals surface area contributed by atoms with Gasteiger partial charge in [0.1, 0.15) is 0 Å². The molecule has 5 rings (SSSR count). The van der Waals surface area contributed by atoms with E-state index in [9.17, 15) is 4.79 Å². The number of para-hydroxylation sites is 1. The van der Waals surface area contributed by atoms with Crippen LogP contribution in [0.1, 0.15) is 36.6 Å². The Kier molecular flexibility index (Phi) is 9.01. The molecular weight excluding hydrogens is 537 g/mol. The number of anilines is 1. The third kappa shape index (κ3) is 7.12. The summed E-state index contributed by atoms with van der Waals surface area (Å²) in [6, 6.07) is 15.9. The van der Waals surface area contributed by atoms with Crippen molar-refractivity contribution in [2.24, 2.45) is 5.92 Å². The molecule has 1 saturated heterocycles. The van der Waals surface area contributed by atoms with Gasteiger partial charge in [0.25, 0.3) is 0 Å². The molecule has 4 atom stereocenters. The van der Waals surface area contributed by atoms with Gasteiger partial charge in [-0.25, -0.2) is 0 Å². The first-order chi connectivity index (χ1) is 19.7. The smallest absolute Gasteiger partial charge is 0.246 e. The molecule has 2 aromatic carbocycles. The van der Waals surface area contributed by atoms with E-state index in [2.05, 4.69) is 27.5 Å². The number of nitrogens with one attached hydrogen (secondary N) is 2. The van der Waals surface area contributed by atoms with E-state index in [-0.39, 0.29) is 36.2 Å². The molecule has 10 heteroatoms. The first kappa shape index (κ1) is 29.2. The summed E-state index contributed by atoms with van der Waals surface area (Å²) in [5, 5.41) is 21.4. The molecule has 3 N–H and O–H groups in total. The van der Waals surface area contributed by atoms with E-state index in [4.69, 9.17) is 9.84 Å². The van der Waals surface area contributed by atoms with Crippen LogP contribution in [-0.2, 0) is 35.3 Å². The zero-order chi connectivity index (χ0) is 29.0. The van der Waals surface area contributed by atoms with Crippen molar-refractivity contribution in [3.63, 3.8) is 0 Å². The maximum atomic E-state index is 15.5. The number of H-pyrrole nitrogens is 1. The predicted molar refractivity (Wildman–Crippen MR) is 161 cm³/mol. The summed E-state index contributed by atoms with van der Waals surface area (Å²) in [6.45, 7) is 6.35. The van der Waals surface area contributed by atoms with E-state index in [0.29, 0.717) is 25.8 Å². The van der Waals surface area contributed by atoms with Crippen LogP contribution in [0, 0.1) is 5.92 Å². The quantitative estimate of drug-likeness (QED) is 0.154. The second kappa shape index (κ2) is 12.7. The number of nitrogens with zero attached hydrogens (tertiary/aromatic N) is 3. The molecule has 1 aliphatic heterocycles. The lowest BCUT2D eigenvalue weighted by molar-refractivity contribution is -0.115. The summed E-state index contributed by atoms with van der Waals surface area (Å²) in [4.78, 5) is 15.9. The number of aromatic amines is 1. The monoisotopic (exact) mass is 577 g/mol. The van der Waals surface area contributed by atoms with Gasteiger partial charge in [-0.1, -0.05) is 42.5 Å². The maximum absolute atomic E-state index is 15.5. The average molecular weight is 578 g/mol. The van der Waals surface area contributed by atoms with E-state index < -0.39 is 8.41 Å². The number of carbonyl (C=O) groups excluding carboxylic acids is 1. The van der Waals surface area contributed by atoms with Crippen molar-refractivity contribution in [1.29, 1.82) is 0 Å². The molecule has 0 unspecified atom stereocenters. The number of ether oxygens (including phenoxy) is 1. The first-order valence-electron chi connectivity index (χ1n) is 14.5. The zero-order valence-electron chi connectivity index (χ0n) is 24.0. The van der Waals surface area contributed by atoms with Gasteiger partial charge in [-0.3, -0.25) is 9.48 Å². The van der Waals surface area contributed by atoms with Crippen LogP contribution in [0.15, 0.2) is 60.9 Å². The molecule has 0 bridgehead atoms. The van der Waals surface area contributed by atoms with Crippen LogP contribution < -0.4 is 5.32 Å². The highest BCUT2D eigenvalue weighted by atomic mass is 28.4. The van der Waals surface area contributed by atoms with Crippen LogP contribution in [0.3, 0.4) is 0 Å². The summed E-state index contributed by atoms with van der Waals surface area (Å²) in [7, 11) is -2.95. The number of carbonyl (C=O) groups is 1. The molecule has 1 aliphatic rings. The fourth-order valence-electron chi connectivity index (χ4n) is 6.30. The number of aryl methyl sites for hydroxylation is 2. The molecule has 0 radical (unpaired) electrons. The van der Waals surface area contributed by atoms with Crippen molar-refractivity contribution < 1.29 is 18.7 Å². The van der Waals surface area contributed by atoms with Crippen molar-refractivity contribution in [2.75, 3.05) is 11.9 Å². The Hall–Kier alpha value is -3.34. The van der Waals surface area contributed by atoms with Gasteiger partial charge >= 0.3 is 0 Å². The number of aromatic nitrogens is 4. The molecule has 3 heterocycles. The first-order valence-corrected chi connectivity index (χ1v) is 17.4. The Balaban J connectivity index is 1.14. The van der Waals surface area contributed by atoms with E-state index in [1.54, 1.807) is 17.8 Å². The third-order valence-electron chi connectivity index (χ3n) is 8.27. The maximum Gasteiger partial charge on any atom is 0.246 e. The van der Waals surface area contributed by atoms with E-state index in [1.807, 2.05) is 60.9 Å². The summed E-state index contributed by atoms with van der Waals surface area (Å²) in [5.74, 6) is 0.0803. The highest BCUT2D eigenvalue weighted by molar-refractivity contribution is 6.72. The molecule has 218 valence electrons. The Labute approximate surface area is 241 Å². The van der Waals surface area contributed by atoms with Gasteiger partial charge in [0.15, 0.2) is 0 Å². The second-order valence-electron chi connectivity index (χ2n) is 11.7. The Morgan fingerprint density at radius 1 is 1.12 bits per heavy atom. The molecular formula is C31H40FN5O3Si. The van der Waals surface area contributed by atoms with Crippen LogP contribution >= 0.6 is 0 Å². The second-order valence-corrected chi connectivity index (χ2v) is 15.5. The molecule has 41 heavy (non-hydrogen) atoms. The fraction of sp³-hybridized carbons (Fsp3) is 0.452. The van der Waals surface area contributed by atoms with Gasteiger partial charge in [-0.05, 0) is 67.6 Å². The largest absolute Gasteiger partial charge is 0.396 e. The van der Waals surface area contributed by atoms with Crippen LogP contribution in [0.5, 0.6) is 0 Å². The number of amides is 1. The average Bonchev–Trinajstić information content (AvgIpc) is 3.64. The van der Waals surface area contributed by atoms with Gasteiger partial charge in [0, 0.05) is 54.1 Å². The molecule has 0 aliphatic carbocycles. The Morgan fingerprint density at radius 2 is 1.90 bits per heavy atom. The lowest BCUT2D eigenvalue weighted by Crippen LogP contribution is -2.36. The van der Waals surface area contributed by atoms with Gasteiger partial charge in [0.05, 0.1) is 24.3 Å². The highest BCUT2D eigenvalue weighted by Gasteiger charge is 2.50. The molecule has 2 aromatic heterocycles. The lowest BCUT2D eigenvalue weighted by Gasteiger charge is -2.28. The van der Waals surface area contributed by atoms with Crippen molar-refractivity contribution >= 4 is 30.9 Å². The molecule has 4 aromatic rings. The topological polar surface area (TPSA) is 105 Å². The SMILES string of the molecule is C[C@@H]1[C@@H]([Si](C)(C)F)[C@H](CCn2cc(CCO)nn2)O[C@@H]1CCc1ccc(NC(=O)Cc2c[nH]c3ccccc23)cc1. The molecule has 1 amide bonds. The summed E-state index contributed by atoms with van der Waals surface area (Å²) in [6.07, 6.45) is 6.67. The number of aliphatic hydroxyl groups excluding tert-OH is 1. The van der Waals surface area contributed by atoms with Gasteiger partial charge in [0.2, 0.25) is 14.3 Å². The van der Waals surface area contributed by atoms with Crippen LogP contribution in [0.25, 0.3) is 10.9 Å². The van der Waals surface area contributed by atoms with Crippen molar-refractivity contribution in [3.8, 4) is 0 Å². The minimum absolute atomic E-state index is 0.0104. The van der Waals surface area contributed by atoms with E-state index >= 15 is 4.11 Å². The lowest BCUT2D eigenvalue weighted by atomic mass is 9.95. The molecule has 0 saturated carbocycles. The number of hydrogen-bond acceptors (Lipinski definition) is 5. The normalized spacial score (nSPS) is 21.0. The van der Waals surface area contributed by atoms with Gasteiger partial charge < -0.3 is 24.3 Å². The van der Waals surface area contributed by atoms with Gasteiger partial charge in [-0.15, -0.1) is 5.10 Å². The number of benzene rings is 2. The third-order valence-corrected chi connectivity index (χ3v) is 10.8. The minimum Gasteiger partial charge on any atom is -0.396 e. The highest BCUT2D eigenvalue weighted by Crippen LogP contribution is 2.47. The number of halogens is 1. The summed E-state index contributed by atoms with van der Waals surface area (Å²) in [5.41, 5.74) is 4.60. The zero-order valence-corrected chi connectivity index (χ0v) is 25.0. The fourth-order valence-corrected chi connectivity index (χ4v) is 8.90. The van der Waals surface area contributed by atoms with Crippen molar-refractivity contribution in [3.05, 3.63) is 77.7 Å². The molecule has 0 spiro atoms. The number of aliphatic hydroxyl groups is 1. The van der Waals surface area contributed by atoms with Crippen LogP contribution in [0.4, 0.5) is 9.80 Å². The van der Waals surface area contributed by atoms with E-state index in [1.165, 1.54) is 0 Å². The molecule has 8 nitrogen and oxygen atoms in total. The number of rotatable bonds is 12. The standard InChI is InChI=1S/C31H40FN5O3Si/c1-21-28(40-29(31(21)41(2,3)32)14-16-37-20-25(15-17-38)35-36-37)13-10-22-8-11-24(12-9-22)34-30(39)18-23-19-33-27-7-5-4-6-26(23)27/h4-9,11-12,19-21,28-29,31,33,38H,10,13-18H2,1-3H3,(H,34,39)/t21-,28+,29-,31+/m0/s1.